The first-order valence-corrected chi connectivity index (χ1v) is 23.0. The number of hydrogen-bond donors (Lipinski definition) is 0. The molecule has 6 aromatic rings. The van der Waals surface area contributed by atoms with Crippen LogP contribution in [0.15, 0.2) is 182 Å². The van der Waals surface area contributed by atoms with Gasteiger partial charge in [0.1, 0.15) is 36.6 Å². The molecule has 0 saturated carbocycles. The first-order valence-electron chi connectivity index (χ1n) is 23.0. The van der Waals surface area contributed by atoms with Gasteiger partial charge in [0.15, 0.2) is 12.4 Å². The van der Waals surface area contributed by atoms with Crippen LogP contribution in [0.2, 0.25) is 0 Å². The summed E-state index contributed by atoms with van der Waals surface area (Å²) in [5, 5.41) is 13.5. The number of methoxy groups -OCH3 is 1. The van der Waals surface area contributed by atoms with Crippen LogP contribution in [0, 0.1) is 10.1 Å². The average molecular weight is 926 g/mol. The van der Waals surface area contributed by atoms with Crippen LogP contribution in [-0.2, 0) is 87.0 Å². The van der Waals surface area contributed by atoms with Crippen molar-refractivity contribution in [1.29, 1.82) is 0 Å². The van der Waals surface area contributed by atoms with E-state index in [1.165, 1.54) is 7.11 Å². The molecule has 0 bridgehead atoms. The lowest BCUT2D eigenvalue weighted by Crippen LogP contribution is -2.65. The van der Waals surface area contributed by atoms with Crippen LogP contribution >= 0.6 is 0 Å². The minimum absolute atomic E-state index is 0.0220. The highest BCUT2D eigenvalue weighted by atomic mass is 16.7. The van der Waals surface area contributed by atoms with E-state index in [-0.39, 0.29) is 52.9 Å². The third-order valence-corrected chi connectivity index (χ3v) is 11.9. The van der Waals surface area contributed by atoms with Gasteiger partial charge in [-0.3, -0.25) is 10.1 Å². The van der Waals surface area contributed by atoms with Gasteiger partial charge in [-0.1, -0.05) is 182 Å². The molecule has 13 heteroatoms. The molecule has 2 saturated heterocycles. The van der Waals surface area contributed by atoms with Crippen LogP contribution in [0.1, 0.15) is 33.4 Å². The van der Waals surface area contributed by atoms with Crippen molar-refractivity contribution in [2.24, 2.45) is 0 Å². The summed E-state index contributed by atoms with van der Waals surface area (Å²) in [7, 11) is 1.54. The maximum Gasteiger partial charge on any atom is 0.291 e. The molecule has 0 aromatic heterocycles. The Kier molecular flexibility index (Phi) is 18.4. The van der Waals surface area contributed by atoms with Crippen molar-refractivity contribution in [2.75, 3.05) is 20.3 Å². The fraction of sp³-hybridized carbons (Fsp3) is 0.345. The van der Waals surface area contributed by atoms with Gasteiger partial charge in [-0.15, -0.1) is 0 Å². The van der Waals surface area contributed by atoms with Gasteiger partial charge in [-0.25, -0.2) is 0 Å². The molecule has 2 heterocycles. The summed E-state index contributed by atoms with van der Waals surface area (Å²) in [4.78, 5) is 13.0. The summed E-state index contributed by atoms with van der Waals surface area (Å²) in [5.41, 5.74) is 5.49. The number of nitrogens with zero attached hydrogens (tertiary/aromatic N) is 1. The summed E-state index contributed by atoms with van der Waals surface area (Å²) < 4.78 is 65.6. The molecule has 0 radical (unpaired) electrons. The maximum absolute atomic E-state index is 13.5. The van der Waals surface area contributed by atoms with Crippen molar-refractivity contribution in [1.82, 2.24) is 0 Å². The molecule has 0 aliphatic carbocycles. The molecule has 0 N–H and O–H groups in total. The summed E-state index contributed by atoms with van der Waals surface area (Å²) in [6, 6.07) is 56.7. The predicted molar refractivity (Wildman–Crippen MR) is 252 cm³/mol. The minimum atomic E-state index is -1.54. The Bertz CT molecular complexity index is 2330. The molecule has 6 aromatic carbocycles. The Morgan fingerprint density at radius 1 is 0.397 bits per heavy atom. The van der Waals surface area contributed by atoms with Gasteiger partial charge >= 0.3 is 0 Å². The molecule has 0 unspecified atom stereocenters. The first kappa shape index (κ1) is 48.8. The number of ether oxygens (including phenoxy) is 10. The van der Waals surface area contributed by atoms with Gasteiger partial charge in [-0.2, -0.15) is 0 Å². The van der Waals surface area contributed by atoms with E-state index in [4.69, 9.17) is 47.4 Å². The largest absolute Gasteiger partial charge is 0.374 e. The quantitative estimate of drug-likeness (QED) is 0.0424. The predicted octanol–water partition coefficient (Wildman–Crippen LogP) is 8.89. The second-order valence-corrected chi connectivity index (χ2v) is 16.7. The molecule has 68 heavy (non-hydrogen) atoms. The molecule has 10 atom stereocenters. The molecule has 2 aliphatic rings. The monoisotopic (exact) mass is 925 g/mol. The second kappa shape index (κ2) is 25.6. The Hall–Kier alpha value is -5.68. The molecule has 0 spiro atoms. The van der Waals surface area contributed by atoms with E-state index >= 15 is 0 Å². The van der Waals surface area contributed by atoms with Crippen molar-refractivity contribution in [2.45, 2.75) is 101 Å². The Morgan fingerprint density at radius 3 is 1.12 bits per heavy atom. The van der Waals surface area contributed by atoms with Crippen LogP contribution in [-0.4, -0.2) is 86.6 Å². The fourth-order valence-corrected chi connectivity index (χ4v) is 8.44. The van der Waals surface area contributed by atoms with Gasteiger partial charge < -0.3 is 47.4 Å². The lowest BCUT2D eigenvalue weighted by molar-refractivity contribution is -0.577. The summed E-state index contributed by atoms with van der Waals surface area (Å²) in [6.45, 7) is 0.990. The smallest absolute Gasteiger partial charge is 0.291 e. The molecular formula is C55H59NO12. The zero-order valence-corrected chi connectivity index (χ0v) is 38.1. The van der Waals surface area contributed by atoms with Crippen LogP contribution in [0.3, 0.4) is 0 Å². The third kappa shape index (κ3) is 13.7. The number of benzene rings is 6. The van der Waals surface area contributed by atoms with Crippen molar-refractivity contribution < 1.29 is 52.3 Å². The van der Waals surface area contributed by atoms with Crippen molar-refractivity contribution in [3.8, 4) is 0 Å². The summed E-state index contributed by atoms with van der Waals surface area (Å²) in [6.07, 6.45) is -8.54. The highest BCUT2D eigenvalue weighted by Crippen LogP contribution is 2.34. The Morgan fingerprint density at radius 2 is 0.721 bits per heavy atom. The molecule has 2 fully saturated rings. The van der Waals surface area contributed by atoms with Crippen molar-refractivity contribution in [3.63, 3.8) is 0 Å². The molecular weight excluding hydrogens is 867 g/mol. The number of nitro groups is 1. The van der Waals surface area contributed by atoms with E-state index in [1.54, 1.807) is 0 Å². The minimum Gasteiger partial charge on any atom is -0.374 e. The molecule has 2 aliphatic heterocycles. The van der Waals surface area contributed by atoms with Gasteiger partial charge in [-0.05, 0) is 33.4 Å². The molecule has 13 nitrogen and oxygen atoms in total. The van der Waals surface area contributed by atoms with Crippen LogP contribution in [0.4, 0.5) is 0 Å². The van der Waals surface area contributed by atoms with Crippen molar-refractivity contribution in [3.05, 3.63) is 225 Å². The van der Waals surface area contributed by atoms with Gasteiger partial charge in [0.25, 0.3) is 6.04 Å². The third-order valence-electron chi connectivity index (χ3n) is 11.9. The zero-order chi connectivity index (χ0) is 46.8. The molecule has 8 rings (SSSR count). The normalized spacial score (nSPS) is 24.9. The van der Waals surface area contributed by atoms with Crippen molar-refractivity contribution >= 4 is 0 Å². The SMILES string of the molecule is CO[C@H]1O[C@H](CO[C@@H]2O[C@H](COCc3ccccc3)[C@H](OCc3ccccc3)[C@H](OCc3ccccc3)[C@H]2[N+](=O)[O-])[C@@H](OCc2ccccc2)[C@H](OCc2ccccc2)[C@H]1OCc1ccccc1. The summed E-state index contributed by atoms with van der Waals surface area (Å²) in [5.74, 6) is 0. The Labute approximate surface area is 397 Å². The highest BCUT2D eigenvalue weighted by Gasteiger charge is 2.56. The van der Waals surface area contributed by atoms with Gasteiger partial charge in [0.05, 0.1) is 52.9 Å². The summed E-state index contributed by atoms with van der Waals surface area (Å²) >= 11 is 0. The van der Waals surface area contributed by atoms with E-state index in [9.17, 15) is 10.1 Å². The fourth-order valence-electron chi connectivity index (χ4n) is 8.44. The van der Waals surface area contributed by atoms with E-state index in [0.717, 1.165) is 33.4 Å². The zero-order valence-electron chi connectivity index (χ0n) is 38.1. The number of rotatable bonds is 24. The lowest BCUT2D eigenvalue weighted by atomic mass is 9.96. The first-order chi connectivity index (χ1) is 33.5. The molecule has 0 amide bonds. The van der Waals surface area contributed by atoms with E-state index in [1.807, 2.05) is 182 Å². The van der Waals surface area contributed by atoms with Crippen LogP contribution in [0.5, 0.6) is 0 Å². The lowest BCUT2D eigenvalue weighted by Gasteiger charge is -2.46. The maximum atomic E-state index is 13.5. The van der Waals surface area contributed by atoms with E-state index in [0.29, 0.717) is 0 Å². The van der Waals surface area contributed by atoms with Gasteiger partial charge in [0.2, 0.25) is 6.29 Å². The Balaban J connectivity index is 1.10. The van der Waals surface area contributed by atoms with E-state index < -0.39 is 66.3 Å². The standard InChI is InChI=1S/C55H59NO12/c1-59-55-53(65-37-45-30-18-7-19-31-45)52(64-36-44-28-16-6-17-29-44)50(62-34-42-24-12-4-13-25-42)47(68-55)39-66-54-48(56(57)58)51(63-35-43-26-14-5-15-27-43)49(61-33-41-22-10-3-11-23-41)46(67-54)38-60-32-40-20-8-2-9-21-40/h2-31,46-55H,32-39H2,1H3/t46-,47-,48-,49+,50-,51-,52+,53-,54-,55+/m1/s1. The molecule has 356 valence electrons. The van der Waals surface area contributed by atoms with Crippen LogP contribution < -0.4 is 0 Å². The topological polar surface area (TPSA) is 135 Å². The van der Waals surface area contributed by atoms with E-state index in [2.05, 4.69) is 0 Å². The van der Waals surface area contributed by atoms with Crippen LogP contribution in [0.25, 0.3) is 0 Å². The number of hydrogen-bond acceptors (Lipinski definition) is 12. The average Bonchev–Trinajstić information content (AvgIpc) is 3.39. The van der Waals surface area contributed by atoms with Gasteiger partial charge in [0, 0.05) is 12.0 Å². The second-order valence-electron chi connectivity index (χ2n) is 16.7. The highest BCUT2D eigenvalue weighted by molar-refractivity contribution is 5.18.